The molecular formula is C28H36F3N5O3. The highest BCUT2D eigenvalue weighted by atomic mass is 19.1. The van der Waals surface area contributed by atoms with Crippen LogP contribution in [0.4, 0.5) is 18.0 Å². The molecule has 8 nitrogen and oxygen atoms in total. The Morgan fingerprint density at radius 2 is 1.69 bits per heavy atom. The molecule has 2 aromatic rings. The van der Waals surface area contributed by atoms with Crippen LogP contribution in [0.25, 0.3) is 0 Å². The van der Waals surface area contributed by atoms with Crippen LogP contribution in [0.3, 0.4) is 0 Å². The number of hydrazine groups is 1. The smallest absolute Gasteiger partial charge is 0.333 e. The third kappa shape index (κ3) is 6.89. The minimum Gasteiger partial charge on any atom is -0.333 e. The number of rotatable bonds is 7. The lowest BCUT2D eigenvalue weighted by Crippen LogP contribution is -2.75. The molecule has 2 aliphatic rings. The van der Waals surface area contributed by atoms with Gasteiger partial charge in [-0.3, -0.25) is 9.59 Å². The third-order valence-electron chi connectivity index (χ3n) is 6.71. The van der Waals surface area contributed by atoms with Crippen LogP contribution in [0.5, 0.6) is 0 Å². The van der Waals surface area contributed by atoms with Gasteiger partial charge in [0.15, 0.2) is 0 Å². The summed E-state index contributed by atoms with van der Waals surface area (Å²) in [6.07, 6.45) is 1.06. The second kappa shape index (κ2) is 13.5. The van der Waals surface area contributed by atoms with Crippen molar-refractivity contribution in [2.24, 2.45) is 0 Å². The molecule has 212 valence electrons. The van der Waals surface area contributed by atoms with Gasteiger partial charge in [-0.05, 0) is 30.2 Å². The third-order valence-corrected chi connectivity index (χ3v) is 6.71. The highest BCUT2D eigenvalue weighted by molar-refractivity contribution is 5.91. The normalized spacial score (nSPS) is 19.4. The van der Waals surface area contributed by atoms with Crippen molar-refractivity contribution in [1.29, 1.82) is 0 Å². The maximum atomic E-state index is 14.4. The molecule has 1 unspecified atom stereocenters. The molecule has 2 aliphatic heterocycles. The molecule has 0 radical (unpaired) electrons. The zero-order chi connectivity index (χ0) is 28.7. The van der Waals surface area contributed by atoms with Crippen LogP contribution in [0.2, 0.25) is 0 Å². The Kier molecular flexibility index (Phi) is 10.3. The number of likely N-dealkylation sites (N-methyl/N-ethyl adjacent to an activating group) is 1. The standard InChI is InChI=1S/C26H30F3N5O3.C2H6/c1-3-4-5-22-25(36)32(14-18-8-11-20(28)12-21(18)29)15-23-33(22)24(35)16-31(2)34(23)26(37)30-13-17-6-9-19(27)10-7-17;1-2/h6-12,22-23H,3-5,13-16H2,1-2H3,(H,30,37);1-2H3/t22-,23?;/m0./s1. The Hall–Kier alpha value is -3.60. The molecule has 1 N–H and O–H groups in total. The molecule has 0 bridgehead atoms. The van der Waals surface area contributed by atoms with E-state index in [4.69, 9.17) is 0 Å². The van der Waals surface area contributed by atoms with Crippen molar-refractivity contribution < 1.29 is 27.6 Å². The highest BCUT2D eigenvalue weighted by Gasteiger charge is 2.50. The van der Waals surface area contributed by atoms with Gasteiger partial charge in [-0.25, -0.2) is 28.0 Å². The van der Waals surface area contributed by atoms with Crippen LogP contribution in [-0.4, -0.2) is 70.0 Å². The Balaban J connectivity index is 0.00000205. The van der Waals surface area contributed by atoms with Gasteiger partial charge in [0.05, 0.1) is 13.1 Å². The quantitative estimate of drug-likeness (QED) is 0.562. The summed E-state index contributed by atoms with van der Waals surface area (Å²) < 4.78 is 41.1. The number of nitrogens with one attached hydrogen (secondary N) is 1. The van der Waals surface area contributed by atoms with Crippen molar-refractivity contribution in [2.45, 2.75) is 65.3 Å². The number of nitrogens with zero attached hydrogens (tertiary/aromatic N) is 4. The molecule has 2 atom stereocenters. The zero-order valence-corrected chi connectivity index (χ0v) is 22.8. The summed E-state index contributed by atoms with van der Waals surface area (Å²) in [7, 11) is 1.61. The first-order chi connectivity index (χ1) is 18.7. The lowest BCUT2D eigenvalue weighted by atomic mass is 10.0. The van der Waals surface area contributed by atoms with E-state index in [-0.39, 0.29) is 49.4 Å². The van der Waals surface area contributed by atoms with E-state index in [1.807, 2.05) is 20.8 Å². The maximum Gasteiger partial charge on any atom is 0.334 e. The molecule has 39 heavy (non-hydrogen) atoms. The largest absolute Gasteiger partial charge is 0.334 e. The van der Waals surface area contributed by atoms with Crippen molar-refractivity contribution in [3.8, 4) is 0 Å². The number of benzene rings is 2. The lowest BCUT2D eigenvalue weighted by molar-refractivity contribution is -0.188. The zero-order valence-electron chi connectivity index (χ0n) is 22.8. The number of piperazine rings is 1. The van der Waals surface area contributed by atoms with Crippen molar-refractivity contribution in [3.05, 3.63) is 71.0 Å². The molecule has 2 heterocycles. The molecule has 2 fully saturated rings. The summed E-state index contributed by atoms with van der Waals surface area (Å²) in [5.74, 6) is -2.49. The summed E-state index contributed by atoms with van der Waals surface area (Å²) in [6.45, 7) is 5.84. The number of amides is 4. The second-order valence-electron chi connectivity index (χ2n) is 9.34. The minimum atomic E-state index is -0.817. The van der Waals surface area contributed by atoms with Gasteiger partial charge in [-0.1, -0.05) is 51.8 Å². The fraction of sp³-hybridized carbons (Fsp3) is 0.464. The maximum absolute atomic E-state index is 14.4. The summed E-state index contributed by atoms with van der Waals surface area (Å²) in [5.41, 5.74) is 0.829. The van der Waals surface area contributed by atoms with Crippen molar-refractivity contribution >= 4 is 17.8 Å². The predicted molar refractivity (Wildman–Crippen MR) is 140 cm³/mol. The monoisotopic (exact) mass is 547 g/mol. The highest BCUT2D eigenvalue weighted by Crippen LogP contribution is 2.29. The molecule has 11 heteroatoms. The second-order valence-corrected chi connectivity index (χ2v) is 9.34. The number of urea groups is 1. The first-order valence-electron chi connectivity index (χ1n) is 13.3. The Labute approximate surface area is 227 Å². The van der Waals surface area contributed by atoms with Crippen LogP contribution < -0.4 is 5.32 Å². The summed E-state index contributed by atoms with van der Waals surface area (Å²) >= 11 is 0. The molecule has 0 aromatic heterocycles. The molecule has 0 saturated carbocycles. The van der Waals surface area contributed by atoms with Crippen molar-refractivity contribution in [2.75, 3.05) is 20.1 Å². The molecule has 2 saturated heterocycles. The van der Waals surface area contributed by atoms with Crippen LogP contribution >= 0.6 is 0 Å². The number of carbonyl (C=O) groups is 3. The first-order valence-corrected chi connectivity index (χ1v) is 13.3. The van der Waals surface area contributed by atoms with Gasteiger partial charge in [0, 0.05) is 31.8 Å². The van der Waals surface area contributed by atoms with Crippen LogP contribution in [-0.2, 0) is 22.7 Å². The van der Waals surface area contributed by atoms with E-state index in [1.165, 1.54) is 38.0 Å². The average molecular weight is 548 g/mol. The number of halogens is 3. The van der Waals surface area contributed by atoms with Crippen molar-refractivity contribution in [3.63, 3.8) is 0 Å². The number of carbonyl (C=O) groups excluding carboxylic acids is 3. The average Bonchev–Trinajstić information content (AvgIpc) is 2.91. The molecular weight excluding hydrogens is 511 g/mol. The van der Waals surface area contributed by atoms with Gasteiger partial charge < -0.3 is 15.1 Å². The Morgan fingerprint density at radius 3 is 2.33 bits per heavy atom. The summed E-state index contributed by atoms with van der Waals surface area (Å²) in [4.78, 5) is 42.8. The first kappa shape index (κ1) is 29.9. The van der Waals surface area contributed by atoms with Gasteiger partial charge in [0.2, 0.25) is 11.8 Å². The van der Waals surface area contributed by atoms with Crippen molar-refractivity contribution in [1.82, 2.24) is 25.1 Å². The van der Waals surface area contributed by atoms with E-state index in [0.717, 1.165) is 18.6 Å². The molecule has 2 aromatic carbocycles. The Morgan fingerprint density at radius 1 is 1.03 bits per heavy atom. The van der Waals surface area contributed by atoms with E-state index < -0.39 is 29.9 Å². The van der Waals surface area contributed by atoms with E-state index in [1.54, 1.807) is 19.2 Å². The lowest BCUT2D eigenvalue weighted by Gasteiger charge is -2.54. The van der Waals surface area contributed by atoms with Crippen LogP contribution in [0.15, 0.2) is 42.5 Å². The van der Waals surface area contributed by atoms with Gasteiger partial charge in [-0.15, -0.1) is 0 Å². The molecule has 0 aliphatic carbocycles. The van der Waals surface area contributed by atoms with E-state index in [0.29, 0.717) is 18.4 Å². The number of fused-ring (bicyclic) bond motifs is 1. The summed E-state index contributed by atoms with van der Waals surface area (Å²) in [5, 5.41) is 5.68. The fourth-order valence-corrected chi connectivity index (χ4v) is 4.84. The van der Waals surface area contributed by atoms with E-state index in [2.05, 4.69) is 5.32 Å². The minimum absolute atomic E-state index is 0.0433. The number of unbranched alkanes of at least 4 members (excludes halogenated alkanes) is 1. The fourth-order valence-electron chi connectivity index (χ4n) is 4.84. The van der Waals surface area contributed by atoms with Gasteiger partial charge in [0.1, 0.15) is 29.7 Å². The van der Waals surface area contributed by atoms with Crippen LogP contribution in [0.1, 0.15) is 51.2 Å². The number of hydrogen-bond acceptors (Lipinski definition) is 4. The molecule has 4 amide bonds. The van der Waals surface area contributed by atoms with E-state index >= 15 is 0 Å². The van der Waals surface area contributed by atoms with E-state index in [9.17, 15) is 27.6 Å². The van der Waals surface area contributed by atoms with Gasteiger partial charge in [-0.2, -0.15) is 0 Å². The predicted octanol–water partition coefficient (Wildman–Crippen LogP) is 4.26. The van der Waals surface area contributed by atoms with Gasteiger partial charge in [0.25, 0.3) is 0 Å². The number of hydrogen-bond donors (Lipinski definition) is 1. The Bertz CT molecular complexity index is 1160. The molecule has 4 rings (SSSR count). The topological polar surface area (TPSA) is 76.2 Å². The summed E-state index contributed by atoms with van der Waals surface area (Å²) in [6, 6.07) is 7.59. The SMILES string of the molecule is CC.CCCC[C@H]1C(=O)N(Cc2ccc(F)cc2F)CC2N1C(=O)CN(C)N2C(=O)NCc1ccc(F)cc1. The molecule has 0 spiro atoms. The van der Waals surface area contributed by atoms with Gasteiger partial charge >= 0.3 is 6.03 Å². The van der Waals surface area contributed by atoms with Crippen LogP contribution in [0, 0.1) is 17.5 Å².